The van der Waals surface area contributed by atoms with Crippen molar-refractivity contribution in [2.75, 3.05) is 5.32 Å². The number of carbonyl (C=O) groups is 3. The zero-order valence-corrected chi connectivity index (χ0v) is 10.3. The molecule has 8 heteroatoms. The molecular formula is C10H11N3O4S. The molecule has 18 heavy (non-hydrogen) atoms. The molecule has 1 aromatic rings. The van der Waals surface area contributed by atoms with Gasteiger partial charge >= 0.3 is 5.97 Å². The van der Waals surface area contributed by atoms with Crippen molar-refractivity contribution in [3.63, 3.8) is 0 Å². The molecule has 96 valence electrons. The number of amides is 2. The zero-order valence-electron chi connectivity index (χ0n) is 9.52. The summed E-state index contributed by atoms with van der Waals surface area (Å²) >= 11 is 0.917. The van der Waals surface area contributed by atoms with E-state index in [1.807, 2.05) is 0 Å². The molecule has 2 heterocycles. The maximum atomic E-state index is 11.8. The zero-order chi connectivity index (χ0) is 13.3. The van der Waals surface area contributed by atoms with Gasteiger partial charge in [-0.1, -0.05) is 0 Å². The number of rotatable bonds is 3. The third-order valence-electron chi connectivity index (χ3n) is 2.63. The first kappa shape index (κ1) is 12.5. The molecule has 3 N–H and O–H groups in total. The molecule has 0 spiro atoms. The molecule has 0 aromatic carbocycles. The number of anilines is 1. The van der Waals surface area contributed by atoms with Crippen molar-refractivity contribution in [2.24, 2.45) is 0 Å². The average molecular weight is 269 g/mol. The fourth-order valence-electron chi connectivity index (χ4n) is 1.72. The average Bonchev–Trinajstić information content (AvgIpc) is 2.85. The van der Waals surface area contributed by atoms with Gasteiger partial charge in [-0.25, -0.2) is 4.79 Å². The molecular weight excluding hydrogens is 258 g/mol. The van der Waals surface area contributed by atoms with E-state index >= 15 is 0 Å². The molecule has 1 aliphatic rings. The van der Waals surface area contributed by atoms with Crippen molar-refractivity contribution in [3.8, 4) is 0 Å². The van der Waals surface area contributed by atoms with Gasteiger partial charge in [-0.15, -0.1) is 0 Å². The van der Waals surface area contributed by atoms with Crippen LogP contribution >= 0.6 is 11.5 Å². The summed E-state index contributed by atoms with van der Waals surface area (Å²) in [5.41, 5.74) is 0.357. The fourth-order valence-corrected chi connectivity index (χ4v) is 2.51. The molecule has 0 radical (unpaired) electrons. The highest BCUT2D eigenvalue weighted by Gasteiger charge is 2.29. The fraction of sp³-hybridized carbons (Fsp3) is 0.400. The van der Waals surface area contributed by atoms with Crippen LogP contribution in [-0.4, -0.2) is 33.3 Å². The first-order valence-electron chi connectivity index (χ1n) is 5.29. The summed E-state index contributed by atoms with van der Waals surface area (Å²) < 4.78 is 3.89. The molecule has 1 saturated heterocycles. The van der Waals surface area contributed by atoms with Gasteiger partial charge in [-0.2, -0.15) is 4.37 Å². The highest BCUT2D eigenvalue weighted by atomic mass is 32.1. The number of hydrogen-bond donors (Lipinski definition) is 3. The lowest BCUT2D eigenvalue weighted by molar-refractivity contribution is -0.122. The molecule has 1 fully saturated rings. The third kappa shape index (κ3) is 2.33. The minimum absolute atomic E-state index is 0.00215. The molecule has 1 atom stereocenters. The summed E-state index contributed by atoms with van der Waals surface area (Å²) in [6.45, 7) is 1.56. The van der Waals surface area contributed by atoms with Gasteiger partial charge in [0.25, 0.3) is 0 Å². The molecule has 7 nitrogen and oxygen atoms in total. The van der Waals surface area contributed by atoms with E-state index in [0.29, 0.717) is 18.5 Å². The van der Waals surface area contributed by atoms with Crippen molar-refractivity contribution in [1.82, 2.24) is 9.69 Å². The Bertz CT molecular complexity index is 525. The standard InChI is InChI=1S/C10H11N3O4S/c1-4-7(10(16)17)9(18-13-4)12-8(15)5-2-3-6(14)11-5/h5H,2-3H2,1H3,(H,11,14)(H,12,15)(H,16,17). The Kier molecular flexibility index (Phi) is 3.28. The Hall–Kier alpha value is -1.96. The lowest BCUT2D eigenvalue weighted by Gasteiger charge is -2.09. The lowest BCUT2D eigenvalue weighted by Crippen LogP contribution is -2.37. The van der Waals surface area contributed by atoms with Crippen molar-refractivity contribution in [2.45, 2.75) is 25.8 Å². The van der Waals surface area contributed by atoms with Gasteiger partial charge in [0.15, 0.2) is 0 Å². The second-order valence-electron chi connectivity index (χ2n) is 3.93. The van der Waals surface area contributed by atoms with E-state index in [9.17, 15) is 14.4 Å². The van der Waals surface area contributed by atoms with Crippen LogP contribution in [0.1, 0.15) is 28.9 Å². The number of aryl methyl sites for hydroxylation is 1. The molecule has 1 unspecified atom stereocenters. The summed E-state index contributed by atoms with van der Waals surface area (Å²) in [4.78, 5) is 33.8. The molecule has 0 aliphatic carbocycles. The van der Waals surface area contributed by atoms with Gasteiger partial charge in [-0.3, -0.25) is 9.59 Å². The van der Waals surface area contributed by atoms with Crippen LogP contribution in [0.2, 0.25) is 0 Å². The number of carboxylic acids is 1. The summed E-state index contributed by atoms with van der Waals surface area (Å²) in [5.74, 6) is -1.71. The molecule has 2 amide bonds. The van der Waals surface area contributed by atoms with Crippen LogP contribution in [0.4, 0.5) is 5.00 Å². The maximum absolute atomic E-state index is 11.8. The first-order valence-corrected chi connectivity index (χ1v) is 6.06. The first-order chi connectivity index (χ1) is 8.49. The third-order valence-corrected chi connectivity index (χ3v) is 3.48. The summed E-state index contributed by atoms with van der Waals surface area (Å²) in [6.07, 6.45) is 0.733. The highest BCUT2D eigenvalue weighted by Crippen LogP contribution is 2.25. The van der Waals surface area contributed by atoms with Crippen LogP contribution in [0, 0.1) is 6.92 Å². The van der Waals surface area contributed by atoms with Gasteiger partial charge in [0.1, 0.15) is 16.6 Å². The molecule has 1 aliphatic heterocycles. The van der Waals surface area contributed by atoms with Crippen LogP contribution in [-0.2, 0) is 9.59 Å². The number of aromatic nitrogens is 1. The van der Waals surface area contributed by atoms with Crippen LogP contribution in [0.5, 0.6) is 0 Å². The second kappa shape index (κ2) is 4.73. The minimum atomic E-state index is -1.13. The lowest BCUT2D eigenvalue weighted by atomic mass is 10.2. The number of nitrogens with zero attached hydrogens (tertiary/aromatic N) is 1. The SMILES string of the molecule is Cc1nsc(NC(=O)C2CCC(=O)N2)c1C(=O)O. The van der Waals surface area contributed by atoms with E-state index in [1.54, 1.807) is 6.92 Å². The van der Waals surface area contributed by atoms with E-state index in [4.69, 9.17) is 5.11 Å². The summed E-state index contributed by atoms with van der Waals surface area (Å²) in [7, 11) is 0. The van der Waals surface area contributed by atoms with Crippen molar-refractivity contribution >= 4 is 34.3 Å². The van der Waals surface area contributed by atoms with Crippen molar-refractivity contribution < 1.29 is 19.5 Å². The predicted octanol–water partition coefficient (Wildman–Crippen LogP) is 0.367. The van der Waals surface area contributed by atoms with E-state index in [-0.39, 0.29) is 16.5 Å². The molecule has 2 rings (SSSR count). The largest absolute Gasteiger partial charge is 0.478 e. The van der Waals surface area contributed by atoms with Gasteiger partial charge in [0.05, 0.1) is 5.69 Å². The van der Waals surface area contributed by atoms with E-state index < -0.39 is 17.9 Å². The van der Waals surface area contributed by atoms with Crippen molar-refractivity contribution in [3.05, 3.63) is 11.3 Å². The predicted molar refractivity (Wildman–Crippen MR) is 63.6 cm³/mol. The number of carboxylic acid groups (broad SMARTS) is 1. The normalized spacial score (nSPS) is 18.5. The van der Waals surface area contributed by atoms with E-state index in [0.717, 1.165) is 11.5 Å². The van der Waals surface area contributed by atoms with Gasteiger partial charge in [0, 0.05) is 6.42 Å². The summed E-state index contributed by atoms with van der Waals surface area (Å²) in [5, 5.41) is 14.2. The number of carbonyl (C=O) groups excluding carboxylic acids is 2. The van der Waals surface area contributed by atoms with Gasteiger partial charge in [-0.05, 0) is 24.9 Å². The van der Waals surface area contributed by atoms with Gasteiger partial charge in [0.2, 0.25) is 11.8 Å². The molecule has 0 bridgehead atoms. The van der Waals surface area contributed by atoms with E-state index in [1.165, 1.54) is 0 Å². The second-order valence-corrected chi connectivity index (χ2v) is 4.70. The molecule has 0 saturated carbocycles. The Morgan fingerprint density at radius 1 is 1.56 bits per heavy atom. The highest BCUT2D eigenvalue weighted by molar-refractivity contribution is 7.11. The minimum Gasteiger partial charge on any atom is -0.478 e. The van der Waals surface area contributed by atoms with Crippen LogP contribution in [0.15, 0.2) is 0 Å². The van der Waals surface area contributed by atoms with Gasteiger partial charge < -0.3 is 15.7 Å². The maximum Gasteiger partial charge on any atom is 0.340 e. The van der Waals surface area contributed by atoms with Crippen LogP contribution < -0.4 is 10.6 Å². The Balaban J connectivity index is 2.12. The van der Waals surface area contributed by atoms with Crippen LogP contribution in [0.3, 0.4) is 0 Å². The number of hydrogen-bond acceptors (Lipinski definition) is 5. The number of nitrogens with one attached hydrogen (secondary N) is 2. The summed E-state index contributed by atoms with van der Waals surface area (Å²) in [6, 6.07) is -0.596. The Morgan fingerprint density at radius 2 is 2.28 bits per heavy atom. The monoisotopic (exact) mass is 269 g/mol. The topological polar surface area (TPSA) is 108 Å². The molecule has 1 aromatic heterocycles. The quantitative estimate of drug-likeness (QED) is 0.734. The Labute approximate surface area is 106 Å². The number of aromatic carboxylic acids is 1. The Morgan fingerprint density at radius 3 is 2.83 bits per heavy atom. The smallest absolute Gasteiger partial charge is 0.340 e. The van der Waals surface area contributed by atoms with Crippen LogP contribution in [0.25, 0.3) is 0 Å². The van der Waals surface area contributed by atoms with E-state index in [2.05, 4.69) is 15.0 Å². The van der Waals surface area contributed by atoms with Crippen molar-refractivity contribution in [1.29, 1.82) is 0 Å².